The third-order valence-corrected chi connectivity index (χ3v) is 13.3. The first-order valence-electron chi connectivity index (χ1n) is 27.4. The van der Waals surface area contributed by atoms with Gasteiger partial charge >= 0.3 is 0 Å². The Hall–Kier alpha value is -1.90. The number of fused-ring (bicyclic) bond motifs is 1. The number of sulfone groups is 1. The zero-order chi connectivity index (χ0) is 54.8. The zero-order valence-corrected chi connectivity index (χ0v) is 29.9. The molecule has 1 aliphatic heterocycles. The highest BCUT2D eigenvalue weighted by Crippen LogP contribution is 2.65. The van der Waals surface area contributed by atoms with E-state index in [2.05, 4.69) is 0 Å². The third kappa shape index (κ3) is 9.13. The summed E-state index contributed by atoms with van der Waals surface area (Å²) in [5.74, 6) is -15.2. The van der Waals surface area contributed by atoms with Crippen molar-refractivity contribution in [3.8, 4) is 0 Å². The van der Waals surface area contributed by atoms with E-state index >= 15 is 4.79 Å². The second-order valence-corrected chi connectivity index (χ2v) is 18.3. The van der Waals surface area contributed by atoms with Crippen molar-refractivity contribution in [2.75, 3.05) is 12.3 Å². The van der Waals surface area contributed by atoms with E-state index in [4.69, 9.17) is 27.4 Å². The number of ketones is 4. The van der Waals surface area contributed by atoms with E-state index in [1.54, 1.807) is 13.8 Å². The number of rotatable bonds is 17. The van der Waals surface area contributed by atoms with Crippen LogP contribution in [0.4, 0.5) is 0 Å². The van der Waals surface area contributed by atoms with Crippen molar-refractivity contribution in [3.63, 3.8) is 0 Å². The topological polar surface area (TPSA) is 123 Å². The lowest BCUT2D eigenvalue weighted by molar-refractivity contribution is -0.148. The standard InChI is InChI=1S/C40H65NO7S/c1-10-11-15-27(35(45)32(44)20-26-16-17-26)21-31(43)34-33-30(39(33,8)9)24-41(34)36(46)29(37(2,3)4)22-28(42)23-40(18-13-12-14-19-40)25-49(47,48)38(5,6)7/h26-27,29-30,33-34H,10-25H2,1-9H3/t27-,29+,30-,33-,34?/m0/s1/i1D3,2D3,3D3,5D3,11D2,12D2,13D2,18D2,27D/t27-,29+,30-,33-,34?,40?. The molecule has 0 spiro atoms. The Bertz CT molecular complexity index is 2200. The molecule has 0 aromatic heterocycles. The number of hydrogen-bond donors (Lipinski definition) is 0. The van der Waals surface area contributed by atoms with Gasteiger partial charge in [-0.2, -0.15) is 0 Å². The average molecular weight is 725 g/mol. The molecule has 1 heterocycles. The molecule has 1 amide bonds. The Balaban J connectivity index is 1.88. The summed E-state index contributed by atoms with van der Waals surface area (Å²) >= 11 is 0. The quantitative estimate of drug-likeness (QED) is 0.144. The van der Waals surface area contributed by atoms with Crippen LogP contribution in [0.15, 0.2) is 0 Å². The van der Waals surface area contributed by atoms with Gasteiger partial charge in [0.15, 0.2) is 21.4 Å². The van der Waals surface area contributed by atoms with Crippen LogP contribution in [0.5, 0.6) is 0 Å². The molecule has 4 aliphatic rings. The van der Waals surface area contributed by atoms with Crippen molar-refractivity contribution >= 4 is 38.9 Å². The first kappa shape index (κ1) is 19.8. The minimum absolute atomic E-state index is 0.209. The van der Waals surface area contributed by atoms with Crippen LogP contribution >= 0.6 is 0 Å². The summed E-state index contributed by atoms with van der Waals surface area (Å²) in [6, 6.07) is -1.73. The molecule has 3 saturated carbocycles. The predicted molar refractivity (Wildman–Crippen MR) is 192 cm³/mol. The lowest BCUT2D eigenvalue weighted by atomic mass is 9.70. The maximum Gasteiger partial charge on any atom is 0.227 e. The molecule has 0 aromatic carbocycles. The maximum atomic E-state index is 15.3. The molecule has 0 aromatic rings. The highest BCUT2D eigenvalue weighted by molar-refractivity contribution is 7.92. The van der Waals surface area contributed by atoms with Crippen LogP contribution in [0.1, 0.15) is 181 Å². The summed E-state index contributed by atoms with van der Waals surface area (Å²) in [6.07, 6.45) is -20.6. The van der Waals surface area contributed by atoms with Gasteiger partial charge in [0.05, 0.1) is 16.5 Å². The zero-order valence-electron chi connectivity index (χ0n) is 50.1. The molecule has 4 rings (SSSR count). The molecular weight excluding hydrogens is 639 g/mol. The maximum absolute atomic E-state index is 15.3. The SMILES string of the molecule is [2H]C([2H])([2H])CC([2H])([2H])C[C@@]([2H])(CC(=O)C1[C@@H]2[C@H](CN1C(=O)[C@@H](CC(=O)CC1(CS(=O)(=O)C(C)(C)C([2H])([2H])[2H])CCC([2H])([2H])C([2H])([2H])C1([2H])[2H])C(C)(C([2H])([2H])[2H])C([2H])([2H])[2H])C2(C)C)C(=O)C(=O)CC1CC1. The number of hydrogen-bond acceptors (Lipinski definition) is 7. The van der Waals surface area contributed by atoms with Crippen LogP contribution in [-0.4, -0.2) is 65.4 Å². The molecule has 3 aliphatic carbocycles. The first-order valence-corrected chi connectivity index (χ1v) is 18.5. The second-order valence-electron chi connectivity index (χ2n) is 15.8. The number of nitrogens with zero attached hydrogens (tertiary/aromatic N) is 1. The van der Waals surface area contributed by atoms with Gasteiger partial charge in [0, 0.05) is 72.8 Å². The summed E-state index contributed by atoms with van der Waals surface area (Å²) in [6.45, 7) is -8.34. The fourth-order valence-electron chi connectivity index (χ4n) is 7.36. The second kappa shape index (κ2) is 14.6. The van der Waals surface area contributed by atoms with Gasteiger partial charge in [-0.15, -0.1) is 0 Å². The van der Waals surface area contributed by atoms with E-state index < -0.39 is 200 Å². The molecule has 6 atom stereocenters. The average Bonchev–Trinajstić information content (AvgIpc) is 3.98. The van der Waals surface area contributed by atoms with Crippen molar-refractivity contribution in [1.82, 2.24) is 4.90 Å². The largest absolute Gasteiger partial charge is 0.332 e. The summed E-state index contributed by atoms with van der Waals surface area (Å²) in [4.78, 5) is 72.7. The molecule has 9 heteroatoms. The van der Waals surface area contributed by atoms with E-state index in [1.807, 2.05) is 0 Å². The van der Waals surface area contributed by atoms with E-state index in [-0.39, 0.29) is 12.3 Å². The van der Waals surface area contributed by atoms with Crippen LogP contribution in [0, 0.1) is 45.8 Å². The van der Waals surface area contributed by atoms with Gasteiger partial charge in [0.25, 0.3) is 0 Å². The number of likely N-dealkylation sites (tertiary alicyclic amines) is 1. The Kier molecular flexibility index (Phi) is 5.91. The van der Waals surface area contributed by atoms with Crippen molar-refractivity contribution in [2.24, 2.45) is 45.8 Å². The molecule has 8 nitrogen and oxygen atoms in total. The van der Waals surface area contributed by atoms with Crippen molar-refractivity contribution < 1.29 is 61.2 Å². The molecule has 0 radical (unpaired) electrons. The van der Waals surface area contributed by atoms with Gasteiger partial charge < -0.3 is 4.90 Å². The summed E-state index contributed by atoms with van der Waals surface area (Å²) in [5, 5.41) is 0. The van der Waals surface area contributed by atoms with Crippen molar-refractivity contribution in [1.29, 1.82) is 0 Å². The van der Waals surface area contributed by atoms with Gasteiger partial charge in [0.2, 0.25) is 11.7 Å². The van der Waals surface area contributed by atoms with Gasteiger partial charge in [-0.1, -0.05) is 73.3 Å². The van der Waals surface area contributed by atoms with E-state index in [9.17, 15) is 29.0 Å². The normalized spacial score (nSPS) is 39.4. The summed E-state index contributed by atoms with van der Waals surface area (Å²) in [5.41, 5.74) is -6.84. The fraction of sp³-hybridized carbons (Fsp3) is 0.875. The van der Waals surface area contributed by atoms with Crippen molar-refractivity contribution in [2.45, 2.75) is 163 Å². The minimum atomic E-state index is -5.14. The van der Waals surface area contributed by atoms with Gasteiger partial charge in [0.1, 0.15) is 5.78 Å². The number of carbonyl (C=O) groups excluding carboxylic acids is 5. The van der Waals surface area contributed by atoms with Crippen LogP contribution in [0.25, 0.3) is 0 Å². The van der Waals surface area contributed by atoms with Gasteiger partial charge in [-0.25, -0.2) is 8.42 Å². The number of Topliss-reactive ketones (excluding diaryl/α,β-unsaturated/α-hetero) is 4. The number of piperidine rings is 1. The fourth-order valence-corrected chi connectivity index (χ4v) is 8.77. The van der Waals surface area contributed by atoms with E-state index in [0.717, 1.165) is 18.7 Å². The molecule has 0 bridgehead atoms. The Morgan fingerprint density at radius 1 is 1.06 bits per heavy atom. The lowest BCUT2D eigenvalue weighted by Gasteiger charge is -2.40. The Labute approximate surface area is 326 Å². The monoisotopic (exact) mass is 725 g/mol. The van der Waals surface area contributed by atoms with Crippen LogP contribution in [0.3, 0.4) is 0 Å². The van der Waals surface area contributed by atoms with E-state index in [0.29, 0.717) is 19.8 Å². The van der Waals surface area contributed by atoms with Crippen molar-refractivity contribution in [3.05, 3.63) is 0 Å². The van der Waals surface area contributed by atoms with Crippen LogP contribution < -0.4 is 0 Å². The van der Waals surface area contributed by atoms with Gasteiger partial charge in [-0.05, 0) is 86.8 Å². The predicted octanol–water partition coefficient (Wildman–Crippen LogP) is 7.35. The molecule has 1 saturated heterocycles. The molecule has 49 heavy (non-hydrogen) atoms. The molecule has 0 N–H and O–H groups in total. The number of amides is 1. The third-order valence-electron chi connectivity index (χ3n) is 10.8. The van der Waals surface area contributed by atoms with Crippen LogP contribution in [-0.2, 0) is 33.8 Å². The molecule has 4 fully saturated rings. The minimum Gasteiger partial charge on any atom is -0.332 e. The molecular formula is C40H65NO7S. The number of carbonyl (C=O) groups is 5. The summed E-state index contributed by atoms with van der Waals surface area (Å²) < 4.78 is 201. The van der Waals surface area contributed by atoms with E-state index in [1.165, 1.54) is 0 Å². The summed E-state index contributed by atoms with van der Waals surface area (Å²) in [7, 11) is -5.14. The Morgan fingerprint density at radius 2 is 1.78 bits per heavy atom. The Morgan fingerprint density at radius 3 is 2.41 bits per heavy atom. The molecule has 2 unspecified atom stereocenters. The lowest BCUT2D eigenvalue weighted by Crippen LogP contribution is -2.51. The smallest absolute Gasteiger partial charge is 0.227 e. The van der Waals surface area contributed by atoms with Crippen LogP contribution in [0.2, 0.25) is 0 Å². The molecule has 278 valence electrons. The highest BCUT2D eigenvalue weighted by atomic mass is 32.2. The highest BCUT2D eigenvalue weighted by Gasteiger charge is 2.69. The first-order chi connectivity index (χ1) is 30.7. The van der Waals surface area contributed by atoms with Gasteiger partial charge in [-0.3, -0.25) is 24.0 Å².